The monoisotopic (exact) mass is 444 g/mol. The summed E-state index contributed by atoms with van der Waals surface area (Å²) in [4.78, 5) is 49.1. The van der Waals surface area contributed by atoms with Crippen molar-refractivity contribution in [1.29, 1.82) is 0 Å². The number of hydrogen-bond donors (Lipinski definition) is 2. The van der Waals surface area contributed by atoms with Crippen molar-refractivity contribution in [2.45, 2.75) is 39.2 Å². The summed E-state index contributed by atoms with van der Waals surface area (Å²) in [6.07, 6.45) is 0.585. The molecule has 0 aliphatic carbocycles. The number of nitrogens with zero attached hydrogens (tertiary/aromatic N) is 2. The Kier molecular flexibility index (Phi) is 5.45. The van der Waals surface area contributed by atoms with Crippen LogP contribution in [-0.2, 0) is 15.1 Å². The zero-order valence-electron chi connectivity index (χ0n) is 18.8. The van der Waals surface area contributed by atoms with Gasteiger partial charge < -0.3 is 15.4 Å². The molecule has 4 rings (SSSR count). The largest absolute Gasteiger partial charge is 0.325 e. The number of amides is 2. The molecule has 1 unspecified atom stereocenters. The molecule has 3 aromatic rings. The van der Waals surface area contributed by atoms with Gasteiger partial charge in [0.2, 0.25) is 5.91 Å². The average Bonchev–Trinajstić information content (AvgIpc) is 3.31. The second-order valence-electron chi connectivity index (χ2n) is 9.02. The molecule has 1 aliphatic heterocycles. The molecule has 0 radical (unpaired) electrons. The maximum Gasteiger partial charge on any atom is 0.273 e. The number of ketones is 1. The molecule has 2 N–H and O–H groups in total. The molecule has 2 aromatic carbocycles. The summed E-state index contributed by atoms with van der Waals surface area (Å²) in [6.45, 7) is 7.72. The van der Waals surface area contributed by atoms with Crippen molar-refractivity contribution < 1.29 is 19.2 Å². The second-order valence-corrected chi connectivity index (χ2v) is 9.02. The van der Waals surface area contributed by atoms with Crippen molar-refractivity contribution in [2.75, 3.05) is 10.6 Å². The van der Waals surface area contributed by atoms with E-state index in [1.165, 1.54) is 0 Å². The van der Waals surface area contributed by atoms with Crippen LogP contribution < -0.4 is 10.6 Å². The van der Waals surface area contributed by atoms with E-state index >= 15 is 0 Å². The van der Waals surface area contributed by atoms with E-state index in [4.69, 9.17) is 0 Å². The Labute approximate surface area is 191 Å². The van der Waals surface area contributed by atoms with E-state index in [2.05, 4.69) is 15.7 Å². The fourth-order valence-corrected chi connectivity index (χ4v) is 3.84. The Bertz CT molecular complexity index is 1300. The normalized spacial score (nSPS) is 15.0. The maximum atomic E-state index is 13.1. The average molecular weight is 444 g/mol. The maximum absolute atomic E-state index is 13.1. The van der Waals surface area contributed by atoms with Gasteiger partial charge in [0.25, 0.3) is 5.91 Å². The van der Waals surface area contributed by atoms with E-state index in [0.717, 1.165) is 5.69 Å². The topological polar surface area (TPSA) is 110 Å². The van der Waals surface area contributed by atoms with Crippen molar-refractivity contribution in [3.63, 3.8) is 0 Å². The lowest BCUT2D eigenvalue weighted by atomic mass is 9.97. The molecule has 8 nitrogen and oxygen atoms in total. The number of fused-ring (bicyclic) bond motifs is 1. The summed E-state index contributed by atoms with van der Waals surface area (Å²) < 4.78 is 1.68. The van der Waals surface area contributed by atoms with Crippen LogP contribution in [0.15, 0.2) is 48.5 Å². The van der Waals surface area contributed by atoms with Gasteiger partial charge in [-0.05, 0) is 57.5 Å². The number of nitrogens with one attached hydrogen (secondary N) is 2. The van der Waals surface area contributed by atoms with Gasteiger partial charge in [0, 0.05) is 22.5 Å². The fraction of sp³-hybridized carbons (Fsp3) is 0.240. The van der Waals surface area contributed by atoms with E-state index in [1.54, 1.807) is 53.2 Å². The SMILES string of the molecule is Cc1cc(C(=O)Nc2cccc(C(=O)c3ccc4c(c3)NC(=O)C4C=O)c2)n(C(C)(C)C)n1. The van der Waals surface area contributed by atoms with Crippen LogP contribution in [0.3, 0.4) is 0 Å². The first-order valence-electron chi connectivity index (χ1n) is 10.5. The van der Waals surface area contributed by atoms with Gasteiger partial charge in [-0.3, -0.25) is 19.1 Å². The lowest BCUT2D eigenvalue weighted by Crippen LogP contribution is -2.29. The van der Waals surface area contributed by atoms with E-state index in [9.17, 15) is 19.2 Å². The van der Waals surface area contributed by atoms with Crippen LogP contribution in [0.5, 0.6) is 0 Å². The number of hydrogen-bond acceptors (Lipinski definition) is 5. The molecule has 0 saturated carbocycles. The molecule has 0 bridgehead atoms. The number of aromatic nitrogens is 2. The van der Waals surface area contributed by atoms with Gasteiger partial charge in [0.1, 0.15) is 17.9 Å². The molecule has 2 heterocycles. The molecule has 1 aromatic heterocycles. The van der Waals surface area contributed by atoms with Crippen LogP contribution in [0.4, 0.5) is 11.4 Å². The number of benzene rings is 2. The molecule has 0 spiro atoms. The number of carbonyl (C=O) groups is 4. The van der Waals surface area contributed by atoms with Crippen molar-refractivity contribution in [3.8, 4) is 0 Å². The molecule has 168 valence electrons. The third-order valence-electron chi connectivity index (χ3n) is 5.41. The van der Waals surface area contributed by atoms with Gasteiger partial charge in [-0.2, -0.15) is 5.10 Å². The van der Waals surface area contributed by atoms with Crippen molar-refractivity contribution in [1.82, 2.24) is 9.78 Å². The van der Waals surface area contributed by atoms with E-state index in [-0.39, 0.29) is 17.2 Å². The van der Waals surface area contributed by atoms with Crippen molar-refractivity contribution in [3.05, 3.63) is 76.6 Å². The first kappa shape index (κ1) is 22.1. The van der Waals surface area contributed by atoms with Gasteiger partial charge in [-0.15, -0.1) is 0 Å². The molecule has 0 saturated heterocycles. The fourth-order valence-electron chi connectivity index (χ4n) is 3.84. The highest BCUT2D eigenvalue weighted by Crippen LogP contribution is 2.32. The summed E-state index contributed by atoms with van der Waals surface area (Å²) in [5, 5.41) is 9.90. The summed E-state index contributed by atoms with van der Waals surface area (Å²) in [6, 6.07) is 13.1. The van der Waals surface area contributed by atoms with Crippen LogP contribution in [0.1, 0.15) is 64.4 Å². The van der Waals surface area contributed by atoms with Crippen LogP contribution in [-0.4, -0.2) is 33.7 Å². The van der Waals surface area contributed by atoms with Crippen LogP contribution in [0, 0.1) is 6.92 Å². The summed E-state index contributed by atoms with van der Waals surface area (Å²) >= 11 is 0. The van der Waals surface area contributed by atoms with E-state index < -0.39 is 11.8 Å². The Hall–Kier alpha value is -4.07. The zero-order chi connectivity index (χ0) is 23.9. The molecule has 8 heteroatoms. The standard InChI is InChI=1S/C25H24N4O4/c1-14-10-21(29(28-14)25(2,3)4)24(33)26-17-7-5-6-15(11-17)22(31)16-8-9-18-19(13-30)23(32)27-20(18)12-16/h5-13,19H,1-4H3,(H,26,33)(H,27,32). The number of aryl methyl sites for hydroxylation is 1. The number of aldehydes is 1. The van der Waals surface area contributed by atoms with Crippen LogP contribution in [0.25, 0.3) is 0 Å². The van der Waals surface area contributed by atoms with Gasteiger partial charge in [-0.25, -0.2) is 0 Å². The smallest absolute Gasteiger partial charge is 0.273 e. The molecule has 2 amide bonds. The highest BCUT2D eigenvalue weighted by atomic mass is 16.2. The summed E-state index contributed by atoms with van der Waals surface area (Å²) in [5.74, 6) is -1.85. The minimum atomic E-state index is -0.854. The quantitative estimate of drug-likeness (QED) is 0.354. The van der Waals surface area contributed by atoms with Gasteiger partial charge >= 0.3 is 0 Å². The highest BCUT2D eigenvalue weighted by molar-refractivity contribution is 6.14. The Balaban J connectivity index is 1.58. The lowest BCUT2D eigenvalue weighted by Gasteiger charge is -2.22. The van der Waals surface area contributed by atoms with E-state index in [1.807, 2.05) is 27.7 Å². The Morgan fingerprint density at radius 2 is 1.82 bits per heavy atom. The third kappa shape index (κ3) is 4.19. The third-order valence-corrected chi connectivity index (χ3v) is 5.41. The predicted molar refractivity (Wildman–Crippen MR) is 124 cm³/mol. The van der Waals surface area contributed by atoms with Gasteiger partial charge in [0.15, 0.2) is 5.78 Å². The minimum Gasteiger partial charge on any atom is -0.325 e. The Morgan fingerprint density at radius 3 is 2.52 bits per heavy atom. The zero-order valence-corrected chi connectivity index (χ0v) is 18.8. The van der Waals surface area contributed by atoms with Crippen molar-refractivity contribution in [2.24, 2.45) is 0 Å². The molecule has 1 atom stereocenters. The Morgan fingerprint density at radius 1 is 1.09 bits per heavy atom. The van der Waals surface area contributed by atoms with Crippen LogP contribution >= 0.6 is 0 Å². The molecular formula is C25H24N4O4. The highest BCUT2D eigenvalue weighted by Gasteiger charge is 2.30. The first-order valence-corrected chi connectivity index (χ1v) is 10.5. The predicted octanol–water partition coefficient (Wildman–Crippen LogP) is 3.66. The first-order chi connectivity index (χ1) is 15.6. The van der Waals surface area contributed by atoms with Gasteiger partial charge in [-0.1, -0.05) is 24.3 Å². The molecular weight excluding hydrogens is 420 g/mol. The second kappa shape index (κ2) is 8.12. The molecule has 33 heavy (non-hydrogen) atoms. The molecule has 0 fully saturated rings. The lowest BCUT2D eigenvalue weighted by molar-refractivity contribution is -0.121. The number of rotatable bonds is 5. The van der Waals surface area contributed by atoms with Crippen LogP contribution in [0.2, 0.25) is 0 Å². The van der Waals surface area contributed by atoms with E-state index in [0.29, 0.717) is 40.0 Å². The van der Waals surface area contributed by atoms with Crippen molar-refractivity contribution >= 4 is 35.3 Å². The van der Waals surface area contributed by atoms with Gasteiger partial charge in [0.05, 0.1) is 11.2 Å². The summed E-state index contributed by atoms with van der Waals surface area (Å²) in [7, 11) is 0. The number of carbonyl (C=O) groups excluding carboxylic acids is 4. The number of anilines is 2. The molecule has 1 aliphatic rings. The minimum absolute atomic E-state index is 0.270. The summed E-state index contributed by atoms with van der Waals surface area (Å²) in [5.41, 5.74) is 3.02.